The monoisotopic (exact) mass is 275 g/mol. The molecular formula is C16H25N3O. The quantitative estimate of drug-likeness (QED) is 0.851. The van der Waals surface area contributed by atoms with E-state index in [4.69, 9.17) is 10.5 Å². The van der Waals surface area contributed by atoms with Crippen LogP contribution in [0.5, 0.6) is 5.75 Å². The molecule has 0 saturated carbocycles. The lowest BCUT2D eigenvalue weighted by atomic mass is 10.2. The van der Waals surface area contributed by atoms with Crippen molar-refractivity contribution in [3.8, 4) is 5.75 Å². The van der Waals surface area contributed by atoms with Crippen LogP contribution in [-0.2, 0) is 0 Å². The van der Waals surface area contributed by atoms with E-state index in [0.717, 1.165) is 30.6 Å². The van der Waals surface area contributed by atoms with Crippen molar-refractivity contribution in [3.63, 3.8) is 0 Å². The minimum atomic E-state index is 0.723. The molecule has 0 spiro atoms. The Morgan fingerprint density at radius 3 is 2.90 bits per heavy atom. The molecule has 0 amide bonds. The standard InChI is InChI=1S/C16H25N3O/c17-15-6-1-2-7-16(15)20-12-11-18-8-4-10-19-9-3-5-14(19)13-18/h1-2,6-7,14H,3-5,8-13,17H2. The van der Waals surface area contributed by atoms with E-state index < -0.39 is 0 Å². The van der Waals surface area contributed by atoms with Crippen molar-refractivity contribution < 1.29 is 4.74 Å². The summed E-state index contributed by atoms with van der Waals surface area (Å²) in [4.78, 5) is 5.21. The number of nitrogen functional groups attached to an aromatic ring is 1. The van der Waals surface area contributed by atoms with Crippen LogP contribution in [0.4, 0.5) is 5.69 Å². The number of nitrogens with two attached hydrogens (primary N) is 1. The molecule has 2 saturated heterocycles. The fourth-order valence-electron chi connectivity index (χ4n) is 3.38. The van der Waals surface area contributed by atoms with Gasteiger partial charge in [-0.3, -0.25) is 9.80 Å². The van der Waals surface area contributed by atoms with E-state index in [1.54, 1.807) is 0 Å². The van der Waals surface area contributed by atoms with Gasteiger partial charge in [0, 0.05) is 19.1 Å². The molecule has 0 aliphatic carbocycles. The Morgan fingerprint density at radius 2 is 2.00 bits per heavy atom. The Labute approximate surface area is 121 Å². The lowest BCUT2D eigenvalue weighted by Gasteiger charge is -2.25. The number of nitrogens with zero attached hydrogens (tertiary/aromatic N) is 2. The second kappa shape index (κ2) is 6.46. The van der Waals surface area contributed by atoms with Crippen LogP contribution in [0.1, 0.15) is 19.3 Å². The molecule has 3 rings (SSSR count). The van der Waals surface area contributed by atoms with Crippen molar-refractivity contribution in [2.45, 2.75) is 25.3 Å². The Hall–Kier alpha value is -1.26. The topological polar surface area (TPSA) is 41.7 Å². The summed E-state index contributed by atoms with van der Waals surface area (Å²) >= 11 is 0. The summed E-state index contributed by atoms with van der Waals surface area (Å²) in [6.45, 7) is 6.69. The van der Waals surface area contributed by atoms with Gasteiger partial charge in [-0.15, -0.1) is 0 Å². The van der Waals surface area contributed by atoms with Gasteiger partial charge < -0.3 is 10.5 Å². The van der Waals surface area contributed by atoms with Crippen LogP contribution in [0.3, 0.4) is 0 Å². The number of para-hydroxylation sites is 2. The molecule has 0 aromatic heterocycles. The fraction of sp³-hybridized carbons (Fsp3) is 0.625. The third-order valence-electron chi connectivity index (χ3n) is 4.47. The van der Waals surface area contributed by atoms with Crippen LogP contribution in [0, 0.1) is 0 Å². The predicted octanol–water partition coefficient (Wildman–Crippen LogP) is 1.82. The van der Waals surface area contributed by atoms with Gasteiger partial charge in [-0.1, -0.05) is 12.1 Å². The molecule has 4 nitrogen and oxygen atoms in total. The van der Waals surface area contributed by atoms with Gasteiger partial charge >= 0.3 is 0 Å². The highest BCUT2D eigenvalue weighted by Crippen LogP contribution is 2.22. The second-order valence-electron chi connectivity index (χ2n) is 5.87. The van der Waals surface area contributed by atoms with Crippen molar-refractivity contribution >= 4 is 5.69 Å². The first-order valence-corrected chi connectivity index (χ1v) is 7.76. The molecule has 1 aromatic carbocycles. The molecular weight excluding hydrogens is 250 g/mol. The number of hydrogen-bond acceptors (Lipinski definition) is 4. The van der Waals surface area contributed by atoms with Crippen LogP contribution in [0.15, 0.2) is 24.3 Å². The summed E-state index contributed by atoms with van der Waals surface area (Å²) in [6, 6.07) is 8.51. The predicted molar refractivity (Wildman–Crippen MR) is 82.0 cm³/mol. The zero-order valence-corrected chi connectivity index (χ0v) is 12.1. The van der Waals surface area contributed by atoms with Crippen molar-refractivity contribution in [1.29, 1.82) is 0 Å². The van der Waals surface area contributed by atoms with E-state index in [0.29, 0.717) is 0 Å². The van der Waals surface area contributed by atoms with Crippen molar-refractivity contribution in [2.24, 2.45) is 0 Å². The zero-order valence-electron chi connectivity index (χ0n) is 12.1. The van der Waals surface area contributed by atoms with Crippen LogP contribution in [0.2, 0.25) is 0 Å². The molecule has 2 aliphatic heterocycles. The van der Waals surface area contributed by atoms with Crippen LogP contribution >= 0.6 is 0 Å². The highest BCUT2D eigenvalue weighted by molar-refractivity contribution is 5.51. The van der Waals surface area contributed by atoms with Gasteiger partial charge in [-0.05, 0) is 51.0 Å². The third kappa shape index (κ3) is 3.25. The van der Waals surface area contributed by atoms with E-state index in [2.05, 4.69) is 9.80 Å². The molecule has 110 valence electrons. The average molecular weight is 275 g/mol. The lowest BCUT2D eigenvalue weighted by molar-refractivity contribution is 0.188. The maximum absolute atomic E-state index is 5.89. The number of ether oxygens (including phenoxy) is 1. The van der Waals surface area contributed by atoms with Crippen molar-refractivity contribution in [1.82, 2.24) is 9.80 Å². The largest absolute Gasteiger partial charge is 0.490 e. The van der Waals surface area contributed by atoms with Crippen LogP contribution in [0.25, 0.3) is 0 Å². The normalized spacial score (nSPS) is 24.3. The molecule has 2 heterocycles. The lowest BCUT2D eigenvalue weighted by Crippen LogP contribution is -2.38. The third-order valence-corrected chi connectivity index (χ3v) is 4.47. The Bertz CT molecular complexity index is 437. The number of hydrogen-bond donors (Lipinski definition) is 1. The molecule has 1 unspecified atom stereocenters. The van der Waals surface area contributed by atoms with Gasteiger partial charge in [0.15, 0.2) is 0 Å². The summed E-state index contributed by atoms with van der Waals surface area (Å²) in [5, 5.41) is 0. The fourth-order valence-corrected chi connectivity index (χ4v) is 3.38. The molecule has 20 heavy (non-hydrogen) atoms. The summed E-state index contributed by atoms with van der Waals surface area (Å²) in [7, 11) is 0. The number of benzene rings is 1. The molecule has 0 bridgehead atoms. The summed E-state index contributed by atoms with van der Waals surface area (Å²) in [6.07, 6.45) is 4.02. The molecule has 2 N–H and O–H groups in total. The van der Waals surface area contributed by atoms with Gasteiger partial charge in [0.2, 0.25) is 0 Å². The van der Waals surface area contributed by atoms with Crippen LogP contribution < -0.4 is 10.5 Å². The molecule has 2 fully saturated rings. The highest BCUT2D eigenvalue weighted by atomic mass is 16.5. The van der Waals surface area contributed by atoms with Gasteiger partial charge in [0.25, 0.3) is 0 Å². The molecule has 2 aliphatic rings. The maximum Gasteiger partial charge on any atom is 0.142 e. The van der Waals surface area contributed by atoms with Crippen molar-refractivity contribution in [2.75, 3.05) is 45.1 Å². The minimum absolute atomic E-state index is 0.723. The molecule has 1 aromatic rings. The van der Waals surface area contributed by atoms with E-state index >= 15 is 0 Å². The number of anilines is 1. The van der Waals surface area contributed by atoms with Gasteiger partial charge in [0.05, 0.1) is 5.69 Å². The first-order chi connectivity index (χ1) is 9.83. The smallest absolute Gasteiger partial charge is 0.142 e. The second-order valence-corrected chi connectivity index (χ2v) is 5.87. The molecule has 4 heteroatoms. The molecule has 0 radical (unpaired) electrons. The summed E-state index contributed by atoms with van der Waals surface area (Å²) in [5.41, 5.74) is 6.62. The minimum Gasteiger partial charge on any atom is -0.490 e. The Morgan fingerprint density at radius 1 is 1.15 bits per heavy atom. The summed E-state index contributed by atoms with van der Waals surface area (Å²) in [5.74, 6) is 0.810. The molecule has 1 atom stereocenters. The van der Waals surface area contributed by atoms with E-state index in [1.165, 1.54) is 45.4 Å². The maximum atomic E-state index is 5.89. The SMILES string of the molecule is Nc1ccccc1OCCN1CCCN2CCCC2C1. The number of rotatable bonds is 4. The highest BCUT2D eigenvalue weighted by Gasteiger charge is 2.28. The van der Waals surface area contributed by atoms with E-state index in [-0.39, 0.29) is 0 Å². The van der Waals surface area contributed by atoms with E-state index in [1.807, 2.05) is 24.3 Å². The Balaban J connectivity index is 1.47. The van der Waals surface area contributed by atoms with Gasteiger partial charge in [0.1, 0.15) is 12.4 Å². The Kier molecular flexibility index (Phi) is 4.43. The average Bonchev–Trinajstić information content (AvgIpc) is 2.79. The number of fused-ring (bicyclic) bond motifs is 1. The van der Waals surface area contributed by atoms with Gasteiger partial charge in [-0.25, -0.2) is 0 Å². The van der Waals surface area contributed by atoms with Crippen molar-refractivity contribution in [3.05, 3.63) is 24.3 Å². The van der Waals surface area contributed by atoms with E-state index in [9.17, 15) is 0 Å². The summed E-state index contributed by atoms with van der Waals surface area (Å²) < 4.78 is 5.81. The zero-order chi connectivity index (χ0) is 13.8. The van der Waals surface area contributed by atoms with Gasteiger partial charge in [-0.2, -0.15) is 0 Å². The first kappa shape index (κ1) is 13.7. The first-order valence-electron chi connectivity index (χ1n) is 7.76. The van der Waals surface area contributed by atoms with Crippen LogP contribution in [-0.4, -0.2) is 55.2 Å².